The summed E-state index contributed by atoms with van der Waals surface area (Å²) < 4.78 is 1.53. The molecule has 3 heterocycles. The monoisotopic (exact) mass is 471 g/mol. The Morgan fingerprint density at radius 2 is 2.09 bits per heavy atom. The summed E-state index contributed by atoms with van der Waals surface area (Å²) in [4.78, 5) is 42.4. The van der Waals surface area contributed by atoms with Gasteiger partial charge in [0.05, 0.1) is 6.54 Å². The molecule has 3 amide bonds. The number of thiophene rings is 1. The van der Waals surface area contributed by atoms with E-state index in [1.807, 2.05) is 24.4 Å². The smallest absolute Gasteiger partial charge is 0.273 e. The van der Waals surface area contributed by atoms with Crippen molar-refractivity contribution in [3.8, 4) is 0 Å². The quantitative estimate of drug-likeness (QED) is 0.588. The van der Waals surface area contributed by atoms with E-state index >= 15 is 0 Å². The van der Waals surface area contributed by atoms with Crippen molar-refractivity contribution in [1.29, 1.82) is 0 Å². The lowest BCUT2D eigenvalue weighted by molar-refractivity contribution is -0.133. The Bertz CT molecular complexity index is 996. The molecule has 0 radical (unpaired) electrons. The minimum Gasteiger partial charge on any atom is -0.351 e. The third kappa shape index (κ3) is 4.98. The van der Waals surface area contributed by atoms with Gasteiger partial charge in [0.25, 0.3) is 11.8 Å². The molecule has 1 saturated carbocycles. The lowest BCUT2D eigenvalue weighted by Gasteiger charge is -2.43. The van der Waals surface area contributed by atoms with Crippen LogP contribution < -0.4 is 10.6 Å². The van der Waals surface area contributed by atoms with Gasteiger partial charge in [0.2, 0.25) is 5.91 Å². The van der Waals surface area contributed by atoms with Crippen LogP contribution in [-0.2, 0) is 17.8 Å². The van der Waals surface area contributed by atoms with Crippen molar-refractivity contribution in [2.24, 2.45) is 0 Å². The summed E-state index contributed by atoms with van der Waals surface area (Å²) in [5.74, 6) is -0.690. The summed E-state index contributed by atoms with van der Waals surface area (Å²) in [6.07, 6.45) is 6.67. The Hall–Kier alpha value is -2.68. The number of amides is 3. The molecule has 1 fully saturated rings. The van der Waals surface area contributed by atoms with Gasteiger partial charge in [-0.25, -0.2) is 0 Å². The zero-order chi connectivity index (χ0) is 23.4. The van der Waals surface area contributed by atoms with E-state index in [0.717, 1.165) is 44.9 Å². The molecule has 9 heteroatoms. The first-order valence-corrected chi connectivity index (χ1v) is 12.8. The zero-order valence-corrected chi connectivity index (χ0v) is 20.2. The van der Waals surface area contributed by atoms with Crippen molar-refractivity contribution in [2.75, 3.05) is 13.1 Å². The van der Waals surface area contributed by atoms with Crippen LogP contribution in [0, 0.1) is 0 Å². The van der Waals surface area contributed by atoms with E-state index in [2.05, 4.69) is 22.7 Å². The zero-order valence-electron chi connectivity index (χ0n) is 19.4. The molecule has 1 aliphatic heterocycles. The molecule has 8 nitrogen and oxygen atoms in total. The maximum Gasteiger partial charge on any atom is 0.273 e. The van der Waals surface area contributed by atoms with Gasteiger partial charge in [0.1, 0.15) is 11.2 Å². The normalized spacial score (nSPS) is 20.7. The van der Waals surface area contributed by atoms with Crippen LogP contribution in [0.5, 0.6) is 0 Å². The molecule has 0 unspecified atom stereocenters. The molecular formula is C24H33N5O3S. The fourth-order valence-electron chi connectivity index (χ4n) is 4.67. The topological polar surface area (TPSA) is 96.3 Å². The molecule has 178 valence electrons. The number of unbranched alkanes of at least 4 members (excludes halogenated alkanes) is 1. The molecule has 2 N–H and O–H groups in total. The second-order valence-corrected chi connectivity index (χ2v) is 10.2. The van der Waals surface area contributed by atoms with Gasteiger partial charge >= 0.3 is 0 Å². The van der Waals surface area contributed by atoms with Gasteiger partial charge in [-0.2, -0.15) is 5.10 Å². The van der Waals surface area contributed by atoms with Crippen LogP contribution in [-0.4, -0.2) is 57.1 Å². The molecule has 0 saturated heterocycles. The lowest BCUT2D eigenvalue weighted by atomic mass is 9.94. The summed E-state index contributed by atoms with van der Waals surface area (Å²) in [6, 6.07) is 5.74. The minimum atomic E-state index is -1.04. The highest BCUT2D eigenvalue weighted by molar-refractivity contribution is 7.09. The van der Waals surface area contributed by atoms with E-state index < -0.39 is 5.54 Å². The fraction of sp³-hybridized carbons (Fsp3) is 0.583. The van der Waals surface area contributed by atoms with Crippen molar-refractivity contribution >= 4 is 29.1 Å². The minimum absolute atomic E-state index is 0.137. The number of rotatable bonds is 9. The predicted octanol–water partition coefficient (Wildman–Crippen LogP) is 2.99. The van der Waals surface area contributed by atoms with Crippen molar-refractivity contribution in [1.82, 2.24) is 25.3 Å². The van der Waals surface area contributed by atoms with Gasteiger partial charge in [0, 0.05) is 30.1 Å². The van der Waals surface area contributed by atoms with Crippen LogP contribution in [0.3, 0.4) is 0 Å². The summed E-state index contributed by atoms with van der Waals surface area (Å²) in [7, 11) is 0. The summed E-state index contributed by atoms with van der Waals surface area (Å²) >= 11 is 1.65. The number of fused-ring (bicyclic) bond motifs is 1. The van der Waals surface area contributed by atoms with Gasteiger partial charge in [-0.1, -0.05) is 32.3 Å². The molecule has 1 aliphatic carbocycles. The molecule has 2 aromatic heterocycles. The van der Waals surface area contributed by atoms with Gasteiger partial charge in [-0.3, -0.25) is 19.1 Å². The molecule has 0 bridgehead atoms. The molecule has 1 atom stereocenters. The largest absolute Gasteiger partial charge is 0.351 e. The Morgan fingerprint density at radius 1 is 1.30 bits per heavy atom. The highest BCUT2D eigenvalue weighted by Gasteiger charge is 2.48. The van der Waals surface area contributed by atoms with E-state index in [0.29, 0.717) is 18.8 Å². The van der Waals surface area contributed by atoms with Crippen LogP contribution in [0.15, 0.2) is 23.6 Å². The molecule has 2 aromatic rings. The summed E-state index contributed by atoms with van der Waals surface area (Å²) in [6.45, 7) is 5.11. The fourth-order valence-corrected chi connectivity index (χ4v) is 5.38. The van der Waals surface area contributed by atoms with Crippen LogP contribution in [0.2, 0.25) is 0 Å². The first-order valence-electron chi connectivity index (χ1n) is 11.9. The van der Waals surface area contributed by atoms with E-state index in [1.165, 1.54) is 9.56 Å². The second-order valence-electron chi connectivity index (χ2n) is 9.20. The number of nitrogens with zero attached hydrogens (tertiary/aromatic N) is 3. The highest BCUT2D eigenvalue weighted by atomic mass is 32.1. The number of carbonyl (C=O) groups excluding carboxylic acids is 3. The van der Waals surface area contributed by atoms with Crippen LogP contribution in [0.1, 0.15) is 78.2 Å². The number of aromatic nitrogens is 2. The van der Waals surface area contributed by atoms with E-state index in [9.17, 15) is 14.4 Å². The number of hydrogen-bond acceptors (Lipinski definition) is 5. The van der Waals surface area contributed by atoms with Gasteiger partial charge < -0.3 is 15.5 Å². The van der Waals surface area contributed by atoms with E-state index in [1.54, 1.807) is 22.3 Å². The van der Waals surface area contributed by atoms with Gasteiger partial charge in [-0.05, 0) is 44.1 Å². The number of hydrogen-bond donors (Lipinski definition) is 2. The average molecular weight is 472 g/mol. The molecule has 2 aliphatic rings. The van der Waals surface area contributed by atoms with Crippen LogP contribution in [0.25, 0.3) is 0 Å². The first kappa shape index (κ1) is 23.5. The third-order valence-electron chi connectivity index (χ3n) is 6.68. The Balaban J connectivity index is 1.51. The molecular weight excluding hydrogens is 438 g/mol. The Labute approximate surface area is 198 Å². The van der Waals surface area contributed by atoms with Crippen molar-refractivity contribution in [2.45, 2.75) is 76.9 Å². The second kappa shape index (κ2) is 10.1. The molecule has 4 rings (SSSR count). The SMILES string of the molecule is CCCCN1C(=O)c2cc(C(=O)NCCc3cccs3)nn2C[C@@]1(C)C(=O)NC1CCCC1. The number of nitrogens with one attached hydrogen (secondary N) is 2. The number of carbonyl (C=O) groups is 3. The average Bonchev–Trinajstić information content (AvgIpc) is 3.55. The van der Waals surface area contributed by atoms with Crippen molar-refractivity contribution < 1.29 is 14.4 Å². The maximum absolute atomic E-state index is 13.4. The summed E-state index contributed by atoms with van der Waals surface area (Å²) in [5.41, 5.74) is -0.470. The Morgan fingerprint density at radius 3 is 2.79 bits per heavy atom. The third-order valence-corrected chi connectivity index (χ3v) is 7.62. The summed E-state index contributed by atoms with van der Waals surface area (Å²) in [5, 5.41) is 12.5. The van der Waals surface area contributed by atoms with Crippen LogP contribution in [0.4, 0.5) is 0 Å². The van der Waals surface area contributed by atoms with Crippen molar-refractivity contribution in [3.05, 3.63) is 39.8 Å². The molecule has 33 heavy (non-hydrogen) atoms. The van der Waals surface area contributed by atoms with Crippen molar-refractivity contribution in [3.63, 3.8) is 0 Å². The van der Waals surface area contributed by atoms with Crippen LogP contribution >= 0.6 is 11.3 Å². The van der Waals surface area contributed by atoms with Gasteiger partial charge in [-0.15, -0.1) is 11.3 Å². The predicted molar refractivity (Wildman–Crippen MR) is 127 cm³/mol. The standard InChI is InChI=1S/C24H33N5O3S/c1-3-4-13-28-22(31)20-15-19(21(30)25-12-11-18-10-7-14-33-18)27-29(20)16-24(28,2)23(32)26-17-8-5-6-9-17/h7,10,14-15,17H,3-6,8-9,11-13,16H2,1-2H3,(H,25,30)(H,26,32)/t24-/m0/s1. The van der Waals surface area contributed by atoms with E-state index in [4.69, 9.17) is 0 Å². The Kier molecular flexibility index (Phi) is 7.17. The highest BCUT2D eigenvalue weighted by Crippen LogP contribution is 2.29. The van der Waals surface area contributed by atoms with E-state index in [-0.39, 0.29) is 36.0 Å². The molecule has 0 spiro atoms. The first-order chi connectivity index (χ1) is 15.9. The van der Waals surface area contributed by atoms with Gasteiger partial charge in [0.15, 0.2) is 5.69 Å². The lowest BCUT2D eigenvalue weighted by Crippen LogP contribution is -2.65. The maximum atomic E-state index is 13.4. The molecule has 0 aromatic carbocycles.